The van der Waals surface area contributed by atoms with Crippen molar-refractivity contribution >= 4 is 50.9 Å². The van der Waals surface area contributed by atoms with Crippen LogP contribution in [0.1, 0.15) is 33.6 Å². The Morgan fingerprint density at radius 2 is 1.94 bits per heavy atom. The molecule has 1 aliphatic heterocycles. The van der Waals surface area contributed by atoms with E-state index in [1.54, 1.807) is 17.7 Å². The van der Waals surface area contributed by atoms with Crippen LogP contribution in [0.5, 0.6) is 0 Å². The molecule has 1 atom stereocenters. The van der Waals surface area contributed by atoms with Crippen LogP contribution in [0.25, 0.3) is 10.2 Å². The highest BCUT2D eigenvalue weighted by molar-refractivity contribution is 7.19. The number of rotatable bonds is 4. The lowest BCUT2D eigenvalue weighted by molar-refractivity contribution is -0.120. The number of thiophene rings is 1. The number of fused-ring (bicyclic) bond motifs is 4. The molecule has 7 heteroatoms. The number of carbonyl (C=O) groups excluding carboxylic acids is 1. The van der Waals surface area contributed by atoms with Gasteiger partial charge in [0.15, 0.2) is 0 Å². The molecule has 2 aromatic heterocycles. The molecule has 4 aromatic rings. The number of nitrogens with zero attached hydrogens (tertiary/aromatic N) is 3. The fourth-order valence-electron chi connectivity index (χ4n) is 4.63. The average molecular weight is 454 g/mol. The Morgan fingerprint density at radius 1 is 1.09 bits per heavy atom. The Morgan fingerprint density at radius 3 is 2.82 bits per heavy atom. The lowest BCUT2D eigenvalue weighted by atomic mass is 9.87. The first-order valence-corrected chi connectivity index (χ1v) is 12.0. The van der Waals surface area contributed by atoms with Gasteiger partial charge in [0.25, 0.3) is 0 Å². The second kappa shape index (κ2) is 8.08. The first-order valence-electron chi connectivity index (χ1n) is 11.2. The topological polar surface area (TPSA) is 79.3 Å². The van der Waals surface area contributed by atoms with Gasteiger partial charge in [-0.15, -0.1) is 11.3 Å². The van der Waals surface area contributed by atoms with E-state index in [0.717, 1.165) is 58.8 Å². The largest absolute Gasteiger partial charge is 0.340 e. The van der Waals surface area contributed by atoms with E-state index in [1.165, 1.54) is 21.6 Å². The van der Waals surface area contributed by atoms with Crippen LogP contribution in [0.4, 0.5) is 17.2 Å². The van der Waals surface area contributed by atoms with Crippen molar-refractivity contribution in [2.24, 2.45) is 10.9 Å². The molecule has 3 heterocycles. The highest BCUT2D eigenvalue weighted by Crippen LogP contribution is 2.40. The lowest BCUT2D eigenvalue weighted by Gasteiger charge is -2.22. The van der Waals surface area contributed by atoms with Gasteiger partial charge in [0.05, 0.1) is 11.9 Å². The van der Waals surface area contributed by atoms with Crippen molar-refractivity contribution < 1.29 is 4.79 Å². The second-order valence-corrected chi connectivity index (χ2v) is 9.79. The van der Waals surface area contributed by atoms with E-state index >= 15 is 0 Å². The quantitative estimate of drug-likeness (QED) is 0.432. The van der Waals surface area contributed by atoms with Gasteiger partial charge >= 0.3 is 0 Å². The molecule has 0 spiro atoms. The molecule has 1 aliphatic carbocycles. The van der Waals surface area contributed by atoms with Crippen LogP contribution in [0, 0.1) is 12.8 Å². The second-order valence-electron chi connectivity index (χ2n) is 8.71. The van der Waals surface area contributed by atoms with Crippen LogP contribution >= 0.6 is 11.3 Å². The molecule has 6 rings (SSSR count). The van der Waals surface area contributed by atoms with Crippen molar-refractivity contribution in [3.05, 3.63) is 75.9 Å². The van der Waals surface area contributed by atoms with E-state index in [2.05, 4.69) is 43.8 Å². The summed E-state index contributed by atoms with van der Waals surface area (Å²) < 4.78 is 0. The maximum Gasteiger partial charge on any atom is 0.227 e. The van der Waals surface area contributed by atoms with Gasteiger partial charge in [0, 0.05) is 28.4 Å². The van der Waals surface area contributed by atoms with Crippen LogP contribution in [0.15, 0.2) is 53.8 Å². The Labute approximate surface area is 195 Å². The van der Waals surface area contributed by atoms with Gasteiger partial charge in [-0.3, -0.25) is 9.79 Å². The zero-order valence-corrected chi connectivity index (χ0v) is 19.1. The number of anilines is 3. The maximum absolute atomic E-state index is 12.9. The summed E-state index contributed by atoms with van der Waals surface area (Å²) in [5, 5.41) is 7.67. The lowest BCUT2D eigenvalue weighted by Crippen LogP contribution is -2.27. The van der Waals surface area contributed by atoms with Crippen molar-refractivity contribution in [1.82, 2.24) is 9.97 Å². The summed E-state index contributed by atoms with van der Waals surface area (Å²) >= 11 is 1.68. The number of amides is 1. The molecule has 1 unspecified atom stereocenters. The fraction of sp³-hybridized carbons (Fsp3) is 0.231. The molecule has 164 valence electrons. The first kappa shape index (κ1) is 20.1. The highest BCUT2D eigenvalue weighted by atomic mass is 32.1. The van der Waals surface area contributed by atoms with Gasteiger partial charge in [0.2, 0.25) is 5.91 Å². The van der Waals surface area contributed by atoms with Crippen LogP contribution in [0.3, 0.4) is 0 Å². The number of aromatic nitrogens is 2. The van der Waals surface area contributed by atoms with Gasteiger partial charge in [-0.05, 0) is 67.1 Å². The Kier molecular flexibility index (Phi) is 4.91. The third-order valence-corrected chi connectivity index (χ3v) is 7.60. The average Bonchev–Trinajstić information content (AvgIpc) is 3.44. The zero-order valence-electron chi connectivity index (χ0n) is 18.3. The van der Waals surface area contributed by atoms with Gasteiger partial charge in [-0.25, -0.2) is 9.97 Å². The molecule has 0 radical (unpaired) electrons. The summed E-state index contributed by atoms with van der Waals surface area (Å²) in [4.78, 5) is 28.6. The number of aryl methyl sites for hydroxylation is 2. The van der Waals surface area contributed by atoms with E-state index in [-0.39, 0.29) is 11.8 Å². The number of aliphatic imine (C=N–C) groups is 1. The molecule has 0 saturated carbocycles. The number of benzene rings is 2. The third-order valence-electron chi connectivity index (χ3n) is 6.44. The molecule has 1 amide bonds. The highest BCUT2D eigenvalue weighted by Gasteiger charge is 2.29. The fourth-order valence-corrected chi connectivity index (χ4v) is 5.89. The molecule has 0 saturated heterocycles. The summed E-state index contributed by atoms with van der Waals surface area (Å²) in [5.41, 5.74) is 6.70. The Hall–Kier alpha value is -3.58. The predicted molar refractivity (Wildman–Crippen MR) is 134 cm³/mol. The molecular weight excluding hydrogens is 430 g/mol. The predicted octanol–water partition coefficient (Wildman–Crippen LogP) is 5.42. The molecule has 2 N–H and O–H groups in total. The van der Waals surface area contributed by atoms with Crippen LogP contribution < -0.4 is 10.6 Å². The van der Waals surface area contributed by atoms with Gasteiger partial charge in [-0.1, -0.05) is 23.8 Å². The Bertz CT molecular complexity index is 1410. The normalized spacial score (nSPS) is 16.5. The standard InChI is InChI=1S/C26H23N5OS/c1-15-2-6-19(7-3-15)31-25(32)16-5-9-21-22(11-16)33-26-23(21)24(28-14-29-26)30-20-8-4-17-12-27-13-18(17)10-20/h2-4,6-8,10,13-14,16H,5,9,11-12H2,1H3,(H,31,32)(H,28,29,30). The van der Waals surface area contributed by atoms with E-state index < -0.39 is 0 Å². The van der Waals surface area contributed by atoms with Gasteiger partial charge in [0.1, 0.15) is 17.0 Å². The van der Waals surface area contributed by atoms with Crippen molar-refractivity contribution in [2.75, 3.05) is 10.6 Å². The SMILES string of the molecule is Cc1ccc(NC(=O)C2CCc3c(sc4ncnc(Nc5ccc6c(c5)C=NC6)c34)C2)cc1. The van der Waals surface area contributed by atoms with Crippen molar-refractivity contribution in [1.29, 1.82) is 0 Å². The van der Waals surface area contributed by atoms with E-state index in [0.29, 0.717) is 0 Å². The molecule has 2 aromatic carbocycles. The minimum Gasteiger partial charge on any atom is -0.340 e. The molecule has 2 aliphatic rings. The summed E-state index contributed by atoms with van der Waals surface area (Å²) in [7, 11) is 0. The van der Waals surface area contributed by atoms with Crippen molar-refractivity contribution in [2.45, 2.75) is 32.7 Å². The smallest absolute Gasteiger partial charge is 0.227 e. The van der Waals surface area contributed by atoms with E-state index in [9.17, 15) is 4.79 Å². The van der Waals surface area contributed by atoms with Gasteiger partial charge in [-0.2, -0.15) is 0 Å². The molecule has 6 nitrogen and oxygen atoms in total. The molecule has 33 heavy (non-hydrogen) atoms. The summed E-state index contributed by atoms with van der Waals surface area (Å²) in [6, 6.07) is 14.3. The molecule has 0 bridgehead atoms. The molecular formula is C26H23N5OS. The minimum atomic E-state index is -0.0350. The van der Waals surface area contributed by atoms with E-state index in [4.69, 9.17) is 0 Å². The summed E-state index contributed by atoms with van der Waals surface area (Å²) in [6.45, 7) is 2.80. The third kappa shape index (κ3) is 3.78. The number of nitrogens with one attached hydrogen (secondary N) is 2. The molecule has 0 fully saturated rings. The van der Waals surface area contributed by atoms with Crippen LogP contribution in [0.2, 0.25) is 0 Å². The van der Waals surface area contributed by atoms with Gasteiger partial charge < -0.3 is 10.6 Å². The van der Waals surface area contributed by atoms with Crippen molar-refractivity contribution in [3.63, 3.8) is 0 Å². The number of hydrogen-bond donors (Lipinski definition) is 2. The maximum atomic E-state index is 12.9. The van der Waals surface area contributed by atoms with Crippen LogP contribution in [-0.4, -0.2) is 22.1 Å². The summed E-state index contributed by atoms with van der Waals surface area (Å²) in [5.74, 6) is 0.883. The minimum absolute atomic E-state index is 0.0350. The monoisotopic (exact) mass is 453 g/mol. The first-order chi connectivity index (χ1) is 16.1. The van der Waals surface area contributed by atoms with Crippen LogP contribution in [-0.2, 0) is 24.2 Å². The van der Waals surface area contributed by atoms with E-state index in [1.807, 2.05) is 37.4 Å². The number of carbonyl (C=O) groups is 1. The zero-order chi connectivity index (χ0) is 22.4. The number of hydrogen-bond acceptors (Lipinski definition) is 6. The summed E-state index contributed by atoms with van der Waals surface area (Å²) in [6.07, 6.45) is 5.94. The Balaban J connectivity index is 1.25. The van der Waals surface area contributed by atoms with Crippen molar-refractivity contribution in [3.8, 4) is 0 Å².